The summed E-state index contributed by atoms with van der Waals surface area (Å²) in [6.45, 7) is 0.250. The van der Waals surface area contributed by atoms with E-state index in [9.17, 15) is 9.59 Å². The molecule has 116 valence electrons. The Kier molecular flexibility index (Phi) is 5.13. The van der Waals surface area contributed by atoms with Gasteiger partial charge in [0.25, 0.3) is 0 Å². The molecule has 0 radical (unpaired) electrons. The zero-order valence-electron chi connectivity index (χ0n) is 11.9. The summed E-state index contributed by atoms with van der Waals surface area (Å²) in [5.41, 5.74) is 6.94. The molecule has 0 aliphatic heterocycles. The number of benzene rings is 1. The Morgan fingerprint density at radius 2 is 2.00 bits per heavy atom. The maximum Gasteiger partial charge on any atom is 0.418 e. The summed E-state index contributed by atoms with van der Waals surface area (Å²) >= 11 is 0. The number of carbonyl (C=O) groups excluding carboxylic acids is 1. The van der Waals surface area contributed by atoms with Crippen molar-refractivity contribution in [2.24, 2.45) is 0 Å². The molecular weight excluding hydrogens is 286 g/mol. The van der Waals surface area contributed by atoms with Crippen LogP contribution in [-0.4, -0.2) is 26.7 Å². The Labute approximate surface area is 127 Å². The molecule has 1 aromatic heterocycles. The third-order valence-electron chi connectivity index (χ3n) is 3.05. The van der Waals surface area contributed by atoms with Gasteiger partial charge in [-0.25, -0.2) is 14.3 Å². The number of aryl methyl sites for hydroxylation is 1. The second-order valence-electron chi connectivity index (χ2n) is 4.74. The number of imidazole rings is 1. The largest absolute Gasteiger partial charge is 0.464 e. The van der Waals surface area contributed by atoms with Crippen molar-refractivity contribution >= 4 is 18.0 Å². The van der Waals surface area contributed by atoms with Crippen LogP contribution in [0.3, 0.4) is 0 Å². The number of rotatable bonds is 6. The number of aromatic nitrogens is 2. The first-order valence-corrected chi connectivity index (χ1v) is 6.83. The van der Waals surface area contributed by atoms with Crippen LogP contribution in [0.25, 0.3) is 0 Å². The molecule has 22 heavy (non-hydrogen) atoms. The Hall–Kier alpha value is -2.83. The van der Waals surface area contributed by atoms with E-state index < -0.39 is 6.09 Å². The fourth-order valence-corrected chi connectivity index (χ4v) is 1.94. The van der Waals surface area contributed by atoms with Crippen LogP contribution in [-0.2, 0) is 22.6 Å². The first-order valence-electron chi connectivity index (χ1n) is 6.83. The Balaban J connectivity index is 1.73. The SMILES string of the molecule is Nc1nc(CCCC(=O)OCc2ccccc2)cn1C(=O)O. The van der Waals surface area contributed by atoms with Gasteiger partial charge in [-0.05, 0) is 18.4 Å². The van der Waals surface area contributed by atoms with Gasteiger partial charge in [0.15, 0.2) is 0 Å². The van der Waals surface area contributed by atoms with Gasteiger partial charge in [0.2, 0.25) is 5.95 Å². The minimum atomic E-state index is -1.18. The summed E-state index contributed by atoms with van der Waals surface area (Å²) in [5, 5.41) is 8.84. The number of carbonyl (C=O) groups is 2. The van der Waals surface area contributed by atoms with Gasteiger partial charge < -0.3 is 15.6 Å². The van der Waals surface area contributed by atoms with Crippen molar-refractivity contribution in [1.82, 2.24) is 9.55 Å². The minimum absolute atomic E-state index is 0.0749. The lowest BCUT2D eigenvalue weighted by molar-refractivity contribution is -0.145. The molecule has 0 aliphatic carbocycles. The zero-order chi connectivity index (χ0) is 15.9. The first kappa shape index (κ1) is 15.6. The summed E-state index contributed by atoms with van der Waals surface area (Å²) in [7, 11) is 0. The maximum absolute atomic E-state index is 11.6. The number of hydrogen-bond donors (Lipinski definition) is 2. The van der Waals surface area contributed by atoms with E-state index in [0.29, 0.717) is 18.5 Å². The van der Waals surface area contributed by atoms with Gasteiger partial charge in [0.1, 0.15) is 6.61 Å². The van der Waals surface area contributed by atoms with E-state index in [1.54, 1.807) is 0 Å². The van der Waals surface area contributed by atoms with Crippen molar-refractivity contribution in [3.05, 3.63) is 47.8 Å². The van der Waals surface area contributed by atoms with Crippen LogP contribution in [0.2, 0.25) is 0 Å². The number of ether oxygens (including phenoxy) is 1. The highest BCUT2D eigenvalue weighted by molar-refractivity contribution is 5.71. The number of carboxylic acid groups (broad SMARTS) is 1. The zero-order valence-corrected chi connectivity index (χ0v) is 11.9. The van der Waals surface area contributed by atoms with Crippen molar-refractivity contribution < 1.29 is 19.4 Å². The third kappa shape index (κ3) is 4.34. The minimum Gasteiger partial charge on any atom is -0.464 e. The standard InChI is InChI=1S/C15H17N3O4/c16-14-17-12(9-18(14)15(20)21)7-4-8-13(19)22-10-11-5-2-1-3-6-11/h1-3,5-6,9H,4,7-8,10H2,(H2,16,17)(H,20,21). The van der Waals surface area contributed by atoms with Crippen LogP contribution in [0.4, 0.5) is 10.7 Å². The van der Waals surface area contributed by atoms with Gasteiger partial charge in [-0.2, -0.15) is 0 Å². The predicted octanol–water partition coefficient (Wildman–Crippen LogP) is 2.06. The first-order chi connectivity index (χ1) is 10.6. The van der Waals surface area contributed by atoms with E-state index in [-0.39, 0.29) is 24.9 Å². The molecular formula is C15H17N3O4. The average Bonchev–Trinajstić information content (AvgIpc) is 2.87. The molecule has 7 heteroatoms. The van der Waals surface area contributed by atoms with Crippen LogP contribution in [0, 0.1) is 0 Å². The molecule has 0 saturated heterocycles. The highest BCUT2D eigenvalue weighted by atomic mass is 16.5. The van der Waals surface area contributed by atoms with Crippen LogP contribution < -0.4 is 5.73 Å². The van der Waals surface area contributed by atoms with Gasteiger partial charge in [-0.1, -0.05) is 30.3 Å². The van der Waals surface area contributed by atoms with E-state index in [1.165, 1.54) is 6.20 Å². The maximum atomic E-state index is 11.6. The molecule has 1 heterocycles. The van der Waals surface area contributed by atoms with E-state index in [2.05, 4.69) is 4.98 Å². The number of esters is 1. The smallest absolute Gasteiger partial charge is 0.418 e. The fourth-order valence-electron chi connectivity index (χ4n) is 1.94. The summed E-state index contributed by atoms with van der Waals surface area (Å²) in [4.78, 5) is 26.4. The highest BCUT2D eigenvalue weighted by Crippen LogP contribution is 2.09. The highest BCUT2D eigenvalue weighted by Gasteiger charge is 2.11. The molecule has 7 nitrogen and oxygen atoms in total. The molecule has 0 aliphatic rings. The lowest BCUT2D eigenvalue weighted by Crippen LogP contribution is -2.09. The monoisotopic (exact) mass is 303 g/mol. The number of nitrogen functional groups attached to an aromatic ring is 1. The summed E-state index contributed by atoms with van der Waals surface area (Å²) < 4.78 is 6.00. The number of anilines is 1. The molecule has 2 aromatic rings. The van der Waals surface area contributed by atoms with Crippen molar-refractivity contribution in [3.63, 3.8) is 0 Å². The Morgan fingerprint density at radius 3 is 2.64 bits per heavy atom. The molecule has 0 unspecified atom stereocenters. The van der Waals surface area contributed by atoms with Gasteiger partial charge in [-0.3, -0.25) is 4.79 Å². The van der Waals surface area contributed by atoms with Crippen LogP contribution >= 0.6 is 0 Å². The van der Waals surface area contributed by atoms with Gasteiger partial charge >= 0.3 is 12.1 Å². The predicted molar refractivity (Wildman–Crippen MR) is 79.2 cm³/mol. The second-order valence-corrected chi connectivity index (χ2v) is 4.74. The molecule has 3 N–H and O–H groups in total. The topological polar surface area (TPSA) is 107 Å². The number of hydrogen-bond acceptors (Lipinski definition) is 5. The van der Waals surface area contributed by atoms with E-state index >= 15 is 0 Å². The average molecular weight is 303 g/mol. The van der Waals surface area contributed by atoms with Crippen molar-refractivity contribution in [3.8, 4) is 0 Å². The Morgan fingerprint density at radius 1 is 1.27 bits per heavy atom. The van der Waals surface area contributed by atoms with Crippen LogP contribution in [0.1, 0.15) is 24.1 Å². The van der Waals surface area contributed by atoms with Gasteiger partial charge in [0, 0.05) is 12.6 Å². The summed E-state index contributed by atoms with van der Waals surface area (Å²) in [6, 6.07) is 9.43. The molecule has 0 atom stereocenters. The van der Waals surface area contributed by atoms with Crippen LogP contribution in [0.15, 0.2) is 36.5 Å². The van der Waals surface area contributed by atoms with Crippen molar-refractivity contribution in [2.45, 2.75) is 25.9 Å². The number of nitrogens with two attached hydrogens (primary N) is 1. The molecule has 0 bridgehead atoms. The normalized spacial score (nSPS) is 10.4. The molecule has 0 amide bonds. The number of nitrogens with zero attached hydrogens (tertiary/aromatic N) is 2. The lowest BCUT2D eigenvalue weighted by Gasteiger charge is -2.04. The molecule has 1 aromatic carbocycles. The van der Waals surface area contributed by atoms with Crippen LogP contribution in [0.5, 0.6) is 0 Å². The van der Waals surface area contributed by atoms with E-state index in [4.69, 9.17) is 15.6 Å². The van der Waals surface area contributed by atoms with Gasteiger partial charge in [0.05, 0.1) is 5.69 Å². The fraction of sp³-hybridized carbons (Fsp3) is 0.267. The van der Waals surface area contributed by atoms with Crippen molar-refractivity contribution in [1.29, 1.82) is 0 Å². The summed E-state index contributed by atoms with van der Waals surface area (Å²) in [6.07, 6.45) is 1.40. The van der Waals surface area contributed by atoms with Crippen molar-refractivity contribution in [2.75, 3.05) is 5.73 Å². The summed E-state index contributed by atoms with van der Waals surface area (Å²) in [5.74, 6) is -0.372. The second kappa shape index (κ2) is 7.26. The lowest BCUT2D eigenvalue weighted by atomic mass is 10.2. The Bertz CT molecular complexity index is 652. The van der Waals surface area contributed by atoms with E-state index in [1.807, 2.05) is 30.3 Å². The molecule has 0 saturated carbocycles. The quantitative estimate of drug-likeness (QED) is 0.791. The molecule has 0 spiro atoms. The third-order valence-corrected chi connectivity index (χ3v) is 3.05. The van der Waals surface area contributed by atoms with Gasteiger partial charge in [-0.15, -0.1) is 0 Å². The molecule has 2 rings (SSSR count). The molecule has 0 fully saturated rings. The van der Waals surface area contributed by atoms with E-state index in [0.717, 1.165) is 10.1 Å².